The molecule has 0 aliphatic rings. The Kier molecular flexibility index (Phi) is 5.39. The van der Waals surface area contributed by atoms with Crippen LogP contribution in [0.3, 0.4) is 0 Å². The number of furan rings is 1. The zero-order valence-electron chi connectivity index (χ0n) is 13.7. The lowest BCUT2D eigenvalue weighted by atomic mass is 10.1. The molecule has 2 aromatic rings. The van der Waals surface area contributed by atoms with Crippen LogP contribution in [-0.4, -0.2) is 30.9 Å². The average molecular weight is 300 g/mol. The molecule has 0 saturated heterocycles. The fourth-order valence-corrected chi connectivity index (χ4v) is 2.33. The lowest BCUT2D eigenvalue weighted by Gasteiger charge is -2.24. The number of amides is 1. The van der Waals surface area contributed by atoms with E-state index in [1.807, 2.05) is 26.1 Å². The van der Waals surface area contributed by atoms with Gasteiger partial charge < -0.3 is 9.73 Å². The highest BCUT2D eigenvalue weighted by atomic mass is 16.3. The summed E-state index contributed by atoms with van der Waals surface area (Å²) in [5.74, 6) is 1.88. The number of nitrogens with zero attached hydrogens (tertiary/aromatic N) is 1. The fraction of sp³-hybridized carbons (Fsp3) is 0.389. The number of hydrogen-bond donors (Lipinski definition) is 1. The monoisotopic (exact) mass is 300 g/mol. The van der Waals surface area contributed by atoms with E-state index in [2.05, 4.69) is 41.4 Å². The quantitative estimate of drug-likeness (QED) is 0.891. The van der Waals surface area contributed by atoms with E-state index >= 15 is 0 Å². The molecule has 0 spiro atoms. The summed E-state index contributed by atoms with van der Waals surface area (Å²) in [6, 6.07) is 12.5. The molecule has 1 aromatic carbocycles. The second-order valence-electron chi connectivity index (χ2n) is 5.75. The summed E-state index contributed by atoms with van der Waals surface area (Å²) >= 11 is 0. The Morgan fingerprint density at radius 3 is 2.45 bits per heavy atom. The van der Waals surface area contributed by atoms with Crippen molar-refractivity contribution in [3.63, 3.8) is 0 Å². The third kappa shape index (κ3) is 4.21. The van der Waals surface area contributed by atoms with Crippen molar-refractivity contribution in [2.45, 2.75) is 32.9 Å². The highest BCUT2D eigenvalue weighted by Gasteiger charge is 2.13. The van der Waals surface area contributed by atoms with E-state index in [9.17, 15) is 4.79 Å². The summed E-state index contributed by atoms with van der Waals surface area (Å²) in [6.07, 6.45) is 0.511. The topological polar surface area (TPSA) is 45.5 Å². The SMILES string of the molecule is CNC(=O)CC(C)N(C)Cc1ccc(-c2ccc(C)o2)cc1. The minimum Gasteiger partial charge on any atom is -0.461 e. The smallest absolute Gasteiger partial charge is 0.221 e. The molecule has 0 saturated carbocycles. The number of benzene rings is 1. The van der Waals surface area contributed by atoms with Crippen molar-refractivity contribution in [2.75, 3.05) is 14.1 Å². The summed E-state index contributed by atoms with van der Waals surface area (Å²) in [6.45, 7) is 4.82. The molecule has 0 aliphatic carbocycles. The van der Waals surface area contributed by atoms with Crippen LogP contribution in [0.25, 0.3) is 11.3 Å². The van der Waals surface area contributed by atoms with Crippen molar-refractivity contribution in [1.29, 1.82) is 0 Å². The molecule has 2 rings (SSSR count). The van der Waals surface area contributed by atoms with Crippen LogP contribution >= 0.6 is 0 Å². The number of carbonyl (C=O) groups excluding carboxylic acids is 1. The van der Waals surface area contributed by atoms with Crippen LogP contribution < -0.4 is 5.32 Å². The molecule has 4 nitrogen and oxygen atoms in total. The Morgan fingerprint density at radius 2 is 1.91 bits per heavy atom. The van der Waals surface area contributed by atoms with Gasteiger partial charge in [-0.3, -0.25) is 9.69 Å². The first-order chi connectivity index (χ1) is 10.5. The van der Waals surface area contributed by atoms with Crippen molar-refractivity contribution < 1.29 is 9.21 Å². The summed E-state index contributed by atoms with van der Waals surface area (Å²) in [5.41, 5.74) is 2.30. The van der Waals surface area contributed by atoms with Crippen molar-refractivity contribution in [3.8, 4) is 11.3 Å². The third-order valence-corrected chi connectivity index (χ3v) is 3.92. The van der Waals surface area contributed by atoms with E-state index in [1.54, 1.807) is 7.05 Å². The van der Waals surface area contributed by atoms with E-state index in [4.69, 9.17) is 4.42 Å². The first kappa shape index (κ1) is 16.3. The lowest BCUT2D eigenvalue weighted by molar-refractivity contribution is -0.121. The molecule has 1 N–H and O–H groups in total. The zero-order chi connectivity index (χ0) is 16.1. The van der Waals surface area contributed by atoms with Gasteiger partial charge in [-0.2, -0.15) is 0 Å². The molecule has 4 heteroatoms. The Bertz CT molecular complexity index is 616. The molecule has 0 fully saturated rings. The number of nitrogens with one attached hydrogen (secondary N) is 1. The van der Waals surface area contributed by atoms with Gasteiger partial charge in [0.2, 0.25) is 5.91 Å². The minimum absolute atomic E-state index is 0.0721. The average Bonchev–Trinajstić information content (AvgIpc) is 2.94. The molecular weight excluding hydrogens is 276 g/mol. The van der Waals surface area contributed by atoms with E-state index < -0.39 is 0 Å². The van der Waals surface area contributed by atoms with Gasteiger partial charge in [0.15, 0.2) is 0 Å². The Hall–Kier alpha value is -2.07. The summed E-state index contributed by atoms with van der Waals surface area (Å²) in [7, 11) is 3.71. The molecule has 1 unspecified atom stereocenters. The Morgan fingerprint density at radius 1 is 1.23 bits per heavy atom. The largest absolute Gasteiger partial charge is 0.461 e. The second-order valence-corrected chi connectivity index (χ2v) is 5.75. The minimum atomic E-state index is 0.0721. The Labute approximate surface area is 132 Å². The second kappa shape index (κ2) is 7.27. The van der Waals surface area contributed by atoms with Gasteiger partial charge in [0.25, 0.3) is 0 Å². The van der Waals surface area contributed by atoms with Gasteiger partial charge in [0, 0.05) is 31.6 Å². The van der Waals surface area contributed by atoms with Crippen molar-refractivity contribution in [3.05, 3.63) is 47.7 Å². The van der Waals surface area contributed by atoms with Gasteiger partial charge in [-0.05, 0) is 38.6 Å². The normalized spacial score (nSPS) is 12.4. The van der Waals surface area contributed by atoms with Crippen molar-refractivity contribution in [2.24, 2.45) is 0 Å². The van der Waals surface area contributed by atoms with Crippen LogP contribution in [0.15, 0.2) is 40.8 Å². The van der Waals surface area contributed by atoms with Crippen LogP contribution in [0.2, 0.25) is 0 Å². The van der Waals surface area contributed by atoms with Gasteiger partial charge in [0.1, 0.15) is 11.5 Å². The third-order valence-electron chi connectivity index (χ3n) is 3.92. The molecule has 22 heavy (non-hydrogen) atoms. The van der Waals surface area contributed by atoms with E-state index in [1.165, 1.54) is 5.56 Å². The maximum absolute atomic E-state index is 11.4. The molecule has 1 atom stereocenters. The fourth-order valence-electron chi connectivity index (χ4n) is 2.33. The van der Waals surface area contributed by atoms with Crippen LogP contribution in [0.1, 0.15) is 24.7 Å². The lowest BCUT2D eigenvalue weighted by Crippen LogP contribution is -2.33. The summed E-state index contributed by atoms with van der Waals surface area (Å²) < 4.78 is 5.63. The van der Waals surface area contributed by atoms with Gasteiger partial charge in [-0.1, -0.05) is 24.3 Å². The van der Waals surface area contributed by atoms with Crippen LogP contribution in [0.4, 0.5) is 0 Å². The first-order valence-corrected chi connectivity index (χ1v) is 7.56. The van der Waals surface area contributed by atoms with Crippen molar-refractivity contribution in [1.82, 2.24) is 10.2 Å². The van der Waals surface area contributed by atoms with Gasteiger partial charge in [-0.25, -0.2) is 0 Å². The number of rotatable bonds is 6. The molecule has 0 aliphatic heterocycles. The standard InChI is InChI=1S/C18H24N2O2/c1-13(11-18(21)19-3)20(4)12-15-6-8-16(9-7-15)17-10-5-14(2)22-17/h5-10,13H,11-12H2,1-4H3,(H,19,21). The molecule has 1 heterocycles. The molecule has 1 aromatic heterocycles. The highest BCUT2D eigenvalue weighted by Crippen LogP contribution is 2.22. The first-order valence-electron chi connectivity index (χ1n) is 7.56. The van der Waals surface area contributed by atoms with E-state index in [-0.39, 0.29) is 11.9 Å². The number of hydrogen-bond acceptors (Lipinski definition) is 3. The maximum Gasteiger partial charge on any atom is 0.221 e. The highest BCUT2D eigenvalue weighted by molar-refractivity contribution is 5.76. The molecule has 118 valence electrons. The molecule has 0 bridgehead atoms. The number of carbonyl (C=O) groups is 1. The van der Waals surface area contributed by atoms with E-state index in [0.29, 0.717) is 6.42 Å². The predicted molar refractivity (Wildman–Crippen MR) is 88.5 cm³/mol. The Balaban J connectivity index is 1.97. The van der Waals surface area contributed by atoms with Crippen molar-refractivity contribution >= 4 is 5.91 Å². The zero-order valence-corrected chi connectivity index (χ0v) is 13.7. The number of aryl methyl sites for hydroxylation is 1. The summed E-state index contributed by atoms with van der Waals surface area (Å²) in [5, 5.41) is 2.67. The van der Waals surface area contributed by atoms with Crippen LogP contribution in [0.5, 0.6) is 0 Å². The van der Waals surface area contributed by atoms with Gasteiger partial charge in [-0.15, -0.1) is 0 Å². The summed E-state index contributed by atoms with van der Waals surface area (Å²) in [4.78, 5) is 13.6. The van der Waals surface area contributed by atoms with E-state index in [0.717, 1.165) is 23.6 Å². The molecular formula is C18H24N2O2. The van der Waals surface area contributed by atoms with Gasteiger partial charge in [0.05, 0.1) is 0 Å². The maximum atomic E-state index is 11.4. The predicted octanol–water partition coefficient (Wildman–Crippen LogP) is 3.21. The van der Waals surface area contributed by atoms with Crippen LogP contribution in [0, 0.1) is 6.92 Å². The molecule has 0 radical (unpaired) electrons. The van der Waals surface area contributed by atoms with Gasteiger partial charge >= 0.3 is 0 Å². The molecule has 1 amide bonds. The van der Waals surface area contributed by atoms with Crippen LogP contribution in [-0.2, 0) is 11.3 Å².